The van der Waals surface area contributed by atoms with E-state index in [2.05, 4.69) is 16.4 Å². The Morgan fingerprint density at radius 1 is 1.24 bits per heavy atom. The summed E-state index contributed by atoms with van der Waals surface area (Å²) in [5.74, 6) is 1.51. The number of nitrogens with zero attached hydrogens (tertiary/aromatic N) is 2. The highest BCUT2D eigenvalue weighted by atomic mass is 15.1. The van der Waals surface area contributed by atoms with E-state index in [0.29, 0.717) is 17.9 Å². The normalized spacial score (nSPS) is 30.4. The fourth-order valence-corrected chi connectivity index (χ4v) is 2.51. The lowest BCUT2D eigenvalue weighted by molar-refractivity contribution is 0.321. The molecule has 2 rings (SSSR count). The maximum atomic E-state index is 8.82. The van der Waals surface area contributed by atoms with E-state index in [-0.39, 0.29) is 5.92 Å². The molecule has 2 saturated carbocycles. The average Bonchev–Trinajstić information content (AvgIpc) is 2.32. The zero-order valence-corrected chi connectivity index (χ0v) is 10.4. The molecule has 0 heterocycles. The van der Waals surface area contributed by atoms with Crippen molar-refractivity contribution in [2.45, 2.75) is 51.0 Å². The van der Waals surface area contributed by atoms with Crippen molar-refractivity contribution in [2.24, 2.45) is 22.6 Å². The number of hydrogen-bond acceptors (Lipinski definition) is 2. The highest BCUT2D eigenvalue weighted by Gasteiger charge is 2.21. The van der Waals surface area contributed by atoms with Crippen LogP contribution in [0.3, 0.4) is 0 Å². The second kappa shape index (κ2) is 5.90. The lowest BCUT2D eigenvalue weighted by Gasteiger charge is -2.27. The molecule has 0 aromatic carbocycles. The molecule has 17 heavy (non-hydrogen) atoms. The number of rotatable bonds is 3. The van der Waals surface area contributed by atoms with Gasteiger partial charge in [0, 0.05) is 18.5 Å². The van der Waals surface area contributed by atoms with E-state index in [1.165, 1.54) is 19.3 Å². The van der Waals surface area contributed by atoms with E-state index in [1.807, 2.05) is 0 Å². The Kier molecular flexibility index (Phi) is 4.24. The molecule has 0 aromatic rings. The van der Waals surface area contributed by atoms with E-state index >= 15 is 0 Å². The van der Waals surface area contributed by atoms with E-state index in [9.17, 15) is 0 Å². The minimum absolute atomic E-state index is 0.278. The minimum atomic E-state index is 0.278. The number of aliphatic imine (C=N–C) groups is 1. The highest BCUT2D eigenvalue weighted by Crippen LogP contribution is 2.28. The highest BCUT2D eigenvalue weighted by molar-refractivity contribution is 5.78. The summed E-state index contributed by atoms with van der Waals surface area (Å²) in [5, 5.41) is 12.1. The van der Waals surface area contributed by atoms with Crippen LogP contribution < -0.4 is 11.1 Å². The van der Waals surface area contributed by atoms with E-state index in [1.54, 1.807) is 0 Å². The van der Waals surface area contributed by atoms with Crippen molar-refractivity contribution in [1.29, 1.82) is 5.26 Å². The van der Waals surface area contributed by atoms with Gasteiger partial charge in [-0.15, -0.1) is 0 Å². The molecule has 94 valence electrons. The van der Waals surface area contributed by atoms with Crippen LogP contribution in [0, 0.1) is 23.2 Å². The SMILES string of the molecule is N#CC1CCC(CN=C(N)NC2CCC2)CC1. The summed E-state index contributed by atoms with van der Waals surface area (Å²) in [7, 11) is 0. The largest absolute Gasteiger partial charge is 0.370 e. The van der Waals surface area contributed by atoms with Crippen LogP contribution in [0.4, 0.5) is 0 Å². The summed E-state index contributed by atoms with van der Waals surface area (Å²) in [5.41, 5.74) is 5.84. The molecular formula is C13H22N4. The summed E-state index contributed by atoms with van der Waals surface area (Å²) in [6.45, 7) is 0.823. The molecular weight excluding hydrogens is 212 g/mol. The van der Waals surface area contributed by atoms with Gasteiger partial charge in [-0.05, 0) is 50.9 Å². The van der Waals surface area contributed by atoms with Gasteiger partial charge in [0.2, 0.25) is 0 Å². The van der Waals surface area contributed by atoms with Gasteiger partial charge in [0.25, 0.3) is 0 Å². The molecule has 0 radical (unpaired) electrons. The molecule has 4 heteroatoms. The Morgan fingerprint density at radius 2 is 1.94 bits per heavy atom. The average molecular weight is 234 g/mol. The Hall–Kier alpha value is -1.24. The number of nitriles is 1. The van der Waals surface area contributed by atoms with Crippen LogP contribution in [0.2, 0.25) is 0 Å². The molecule has 2 aliphatic carbocycles. The Balaban J connectivity index is 1.67. The zero-order chi connectivity index (χ0) is 12.1. The van der Waals surface area contributed by atoms with Gasteiger partial charge >= 0.3 is 0 Å². The first-order valence-electron chi connectivity index (χ1n) is 6.74. The van der Waals surface area contributed by atoms with Gasteiger partial charge in [-0.25, -0.2) is 0 Å². The summed E-state index contributed by atoms with van der Waals surface area (Å²) >= 11 is 0. The number of hydrogen-bond donors (Lipinski definition) is 2. The predicted octanol–water partition coefficient (Wildman–Crippen LogP) is 1.77. The summed E-state index contributed by atoms with van der Waals surface area (Å²) < 4.78 is 0. The van der Waals surface area contributed by atoms with Crippen LogP contribution in [-0.4, -0.2) is 18.5 Å². The van der Waals surface area contributed by atoms with Crippen LogP contribution in [0.1, 0.15) is 44.9 Å². The topological polar surface area (TPSA) is 74.2 Å². The van der Waals surface area contributed by atoms with Crippen LogP contribution in [0.25, 0.3) is 0 Å². The third-order valence-electron chi connectivity index (χ3n) is 4.01. The quantitative estimate of drug-likeness (QED) is 0.577. The lowest BCUT2D eigenvalue weighted by Crippen LogP contribution is -2.43. The number of nitrogens with one attached hydrogen (secondary N) is 1. The van der Waals surface area contributed by atoms with E-state index in [4.69, 9.17) is 11.0 Å². The molecule has 0 atom stereocenters. The van der Waals surface area contributed by atoms with Crippen molar-refractivity contribution in [3.05, 3.63) is 0 Å². The minimum Gasteiger partial charge on any atom is -0.370 e. The van der Waals surface area contributed by atoms with Crippen molar-refractivity contribution >= 4 is 5.96 Å². The Bertz CT molecular complexity index is 306. The van der Waals surface area contributed by atoms with Crippen molar-refractivity contribution in [3.8, 4) is 6.07 Å². The summed E-state index contributed by atoms with van der Waals surface area (Å²) in [6.07, 6.45) is 8.08. The maximum Gasteiger partial charge on any atom is 0.188 e. The second-order valence-electron chi connectivity index (χ2n) is 5.34. The lowest BCUT2D eigenvalue weighted by atomic mass is 9.83. The fraction of sp³-hybridized carbons (Fsp3) is 0.846. The van der Waals surface area contributed by atoms with Gasteiger partial charge in [0.05, 0.1) is 6.07 Å². The third kappa shape index (κ3) is 3.62. The summed E-state index contributed by atoms with van der Waals surface area (Å²) in [6, 6.07) is 2.92. The number of guanidine groups is 1. The van der Waals surface area contributed by atoms with Gasteiger partial charge in [-0.1, -0.05) is 0 Å². The molecule has 0 aromatic heterocycles. The molecule has 0 unspecified atom stereocenters. The first-order valence-corrected chi connectivity index (χ1v) is 6.74. The van der Waals surface area contributed by atoms with Gasteiger partial charge in [-0.2, -0.15) is 5.26 Å². The molecule has 0 bridgehead atoms. The number of nitrogens with two attached hydrogens (primary N) is 1. The molecule has 4 nitrogen and oxygen atoms in total. The Labute approximate surface area is 103 Å². The Morgan fingerprint density at radius 3 is 2.47 bits per heavy atom. The smallest absolute Gasteiger partial charge is 0.188 e. The fourth-order valence-electron chi connectivity index (χ4n) is 2.51. The van der Waals surface area contributed by atoms with E-state index < -0.39 is 0 Å². The van der Waals surface area contributed by atoms with Crippen molar-refractivity contribution in [1.82, 2.24) is 5.32 Å². The molecule has 0 spiro atoms. The van der Waals surface area contributed by atoms with Crippen LogP contribution >= 0.6 is 0 Å². The zero-order valence-electron chi connectivity index (χ0n) is 10.4. The molecule has 0 amide bonds. The van der Waals surface area contributed by atoms with Crippen molar-refractivity contribution in [3.63, 3.8) is 0 Å². The van der Waals surface area contributed by atoms with Crippen LogP contribution in [0.15, 0.2) is 4.99 Å². The molecule has 0 saturated heterocycles. The third-order valence-corrected chi connectivity index (χ3v) is 4.01. The second-order valence-corrected chi connectivity index (χ2v) is 5.34. The van der Waals surface area contributed by atoms with Gasteiger partial charge in [-0.3, -0.25) is 4.99 Å². The predicted molar refractivity (Wildman–Crippen MR) is 68.3 cm³/mol. The van der Waals surface area contributed by atoms with Crippen LogP contribution in [-0.2, 0) is 0 Å². The molecule has 3 N–H and O–H groups in total. The van der Waals surface area contributed by atoms with Crippen molar-refractivity contribution < 1.29 is 0 Å². The van der Waals surface area contributed by atoms with Crippen LogP contribution in [0.5, 0.6) is 0 Å². The monoisotopic (exact) mass is 234 g/mol. The molecule has 0 aliphatic heterocycles. The standard InChI is InChI=1S/C13H22N4/c14-8-10-4-6-11(7-5-10)9-16-13(15)17-12-2-1-3-12/h10-12H,1-7,9H2,(H3,15,16,17). The molecule has 2 aliphatic rings. The maximum absolute atomic E-state index is 8.82. The van der Waals surface area contributed by atoms with Gasteiger partial charge < -0.3 is 11.1 Å². The van der Waals surface area contributed by atoms with Gasteiger partial charge in [0.15, 0.2) is 5.96 Å². The van der Waals surface area contributed by atoms with Gasteiger partial charge in [0.1, 0.15) is 0 Å². The molecule has 2 fully saturated rings. The first-order chi connectivity index (χ1) is 8.28. The summed E-state index contributed by atoms with van der Waals surface area (Å²) in [4.78, 5) is 4.42. The van der Waals surface area contributed by atoms with E-state index in [0.717, 1.165) is 32.2 Å². The first kappa shape index (κ1) is 12.2. The van der Waals surface area contributed by atoms with Crippen molar-refractivity contribution in [2.75, 3.05) is 6.54 Å².